The van der Waals surface area contributed by atoms with E-state index >= 15 is 0 Å². The van der Waals surface area contributed by atoms with Crippen LogP contribution in [0, 0.1) is 0 Å². The van der Waals surface area contributed by atoms with Gasteiger partial charge in [0.05, 0.1) is 0 Å². The van der Waals surface area contributed by atoms with Crippen molar-refractivity contribution in [1.82, 2.24) is 0 Å². The highest BCUT2D eigenvalue weighted by molar-refractivity contribution is 5.15. The van der Waals surface area contributed by atoms with Gasteiger partial charge < -0.3 is 4.89 Å². The van der Waals surface area contributed by atoms with Gasteiger partial charge in [-0.2, -0.15) is 0 Å². The molecule has 0 unspecified atom stereocenters. The fourth-order valence-electron chi connectivity index (χ4n) is 0.823. The molecule has 0 aliphatic heterocycles. The summed E-state index contributed by atoms with van der Waals surface area (Å²) < 4.78 is 0. The van der Waals surface area contributed by atoms with Crippen molar-refractivity contribution in [2.75, 3.05) is 0 Å². The van der Waals surface area contributed by atoms with Gasteiger partial charge in [0.1, 0.15) is 6.26 Å². The first-order valence-corrected chi connectivity index (χ1v) is 3.97. The van der Waals surface area contributed by atoms with Crippen LogP contribution in [0.15, 0.2) is 24.0 Å². The lowest BCUT2D eigenvalue weighted by Gasteiger charge is -1.97. The first-order valence-electron chi connectivity index (χ1n) is 3.97. The summed E-state index contributed by atoms with van der Waals surface area (Å²) in [7, 11) is 0. The maximum Gasteiger partial charge on any atom is 0.129 e. The van der Waals surface area contributed by atoms with Gasteiger partial charge in [-0.25, -0.2) is 5.26 Å². The van der Waals surface area contributed by atoms with Crippen molar-refractivity contribution < 1.29 is 10.1 Å². The van der Waals surface area contributed by atoms with E-state index in [1.807, 2.05) is 13.0 Å². The molecule has 0 saturated carbocycles. The third kappa shape index (κ3) is 5.67. The topological polar surface area (TPSA) is 29.5 Å². The van der Waals surface area contributed by atoms with Gasteiger partial charge in [0.2, 0.25) is 0 Å². The van der Waals surface area contributed by atoms with Gasteiger partial charge in [0.15, 0.2) is 0 Å². The predicted octanol–water partition coefficient (Wildman–Crippen LogP) is 3.13. The highest BCUT2D eigenvalue weighted by atomic mass is 17.1. The van der Waals surface area contributed by atoms with E-state index in [-0.39, 0.29) is 0 Å². The van der Waals surface area contributed by atoms with Gasteiger partial charge >= 0.3 is 0 Å². The molecule has 0 atom stereocenters. The van der Waals surface area contributed by atoms with E-state index in [0.717, 1.165) is 6.42 Å². The summed E-state index contributed by atoms with van der Waals surface area (Å²) in [4.78, 5) is 3.83. The van der Waals surface area contributed by atoms with E-state index in [1.165, 1.54) is 24.7 Å². The summed E-state index contributed by atoms with van der Waals surface area (Å²) in [5.41, 5.74) is 1.20. The van der Waals surface area contributed by atoms with Crippen LogP contribution in [0.1, 0.15) is 33.1 Å². The van der Waals surface area contributed by atoms with Gasteiger partial charge in [-0.3, -0.25) is 0 Å². The van der Waals surface area contributed by atoms with Crippen LogP contribution >= 0.6 is 0 Å². The van der Waals surface area contributed by atoms with E-state index in [1.54, 1.807) is 6.08 Å². The Morgan fingerprint density at radius 3 is 2.73 bits per heavy atom. The Bertz CT molecular complexity index is 136. The molecule has 0 rings (SSSR count). The molecule has 0 saturated heterocycles. The average Bonchev–Trinajstić information content (AvgIpc) is 2.05. The molecule has 0 aromatic heterocycles. The molecule has 2 heteroatoms. The minimum Gasteiger partial charge on any atom is -0.348 e. The van der Waals surface area contributed by atoms with E-state index in [4.69, 9.17) is 5.26 Å². The molecule has 0 spiro atoms. The maximum absolute atomic E-state index is 8.02. The van der Waals surface area contributed by atoms with Crippen LogP contribution in [0.4, 0.5) is 0 Å². The SMILES string of the molecule is C/C=C(/C=COO)CCCC. The molecule has 0 aromatic carbocycles. The summed E-state index contributed by atoms with van der Waals surface area (Å²) >= 11 is 0. The average molecular weight is 156 g/mol. The molecule has 0 heterocycles. The molecular weight excluding hydrogens is 140 g/mol. The van der Waals surface area contributed by atoms with Crippen molar-refractivity contribution in [3.8, 4) is 0 Å². The largest absolute Gasteiger partial charge is 0.348 e. The molecule has 0 bridgehead atoms. The number of hydrogen-bond acceptors (Lipinski definition) is 2. The predicted molar refractivity (Wildman–Crippen MR) is 46.1 cm³/mol. The van der Waals surface area contributed by atoms with Gasteiger partial charge in [-0.15, -0.1) is 0 Å². The van der Waals surface area contributed by atoms with Crippen molar-refractivity contribution in [3.05, 3.63) is 24.0 Å². The van der Waals surface area contributed by atoms with Crippen LogP contribution in [0.3, 0.4) is 0 Å². The van der Waals surface area contributed by atoms with Gasteiger partial charge in [0.25, 0.3) is 0 Å². The zero-order valence-corrected chi connectivity index (χ0v) is 7.21. The molecule has 1 N–H and O–H groups in total. The van der Waals surface area contributed by atoms with E-state index in [0.29, 0.717) is 0 Å². The number of unbranched alkanes of at least 4 members (excludes halogenated alkanes) is 1. The Kier molecular flexibility index (Phi) is 6.84. The van der Waals surface area contributed by atoms with Crippen molar-refractivity contribution in [3.63, 3.8) is 0 Å². The van der Waals surface area contributed by atoms with Crippen LogP contribution in [-0.2, 0) is 4.89 Å². The Morgan fingerprint density at radius 2 is 2.27 bits per heavy atom. The summed E-state index contributed by atoms with van der Waals surface area (Å²) in [5.74, 6) is 0. The Morgan fingerprint density at radius 1 is 1.55 bits per heavy atom. The third-order valence-corrected chi connectivity index (χ3v) is 1.53. The zero-order valence-electron chi connectivity index (χ0n) is 7.21. The molecular formula is C9H16O2. The van der Waals surface area contributed by atoms with E-state index in [2.05, 4.69) is 11.8 Å². The minimum absolute atomic E-state index is 1.05. The third-order valence-electron chi connectivity index (χ3n) is 1.53. The van der Waals surface area contributed by atoms with Crippen LogP contribution in [0.2, 0.25) is 0 Å². The first kappa shape index (κ1) is 10.2. The van der Waals surface area contributed by atoms with Gasteiger partial charge in [-0.1, -0.05) is 19.4 Å². The van der Waals surface area contributed by atoms with Crippen LogP contribution in [-0.4, -0.2) is 5.26 Å². The van der Waals surface area contributed by atoms with Crippen molar-refractivity contribution in [1.29, 1.82) is 0 Å². The Hall–Kier alpha value is -0.760. The fourth-order valence-corrected chi connectivity index (χ4v) is 0.823. The van der Waals surface area contributed by atoms with Crippen molar-refractivity contribution in [2.24, 2.45) is 0 Å². The van der Waals surface area contributed by atoms with Crippen LogP contribution < -0.4 is 0 Å². The summed E-state index contributed by atoms with van der Waals surface area (Å²) in [6.07, 6.45) is 8.49. The Labute approximate surface area is 68.1 Å². The highest BCUT2D eigenvalue weighted by Gasteiger charge is 1.89. The van der Waals surface area contributed by atoms with E-state index < -0.39 is 0 Å². The second kappa shape index (κ2) is 7.35. The minimum atomic E-state index is 1.05. The number of allylic oxidation sites excluding steroid dienone is 3. The van der Waals surface area contributed by atoms with Crippen molar-refractivity contribution in [2.45, 2.75) is 33.1 Å². The lowest BCUT2D eigenvalue weighted by Crippen LogP contribution is -1.79. The second-order valence-corrected chi connectivity index (χ2v) is 2.38. The molecule has 64 valence electrons. The first-order chi connectivity index (χ1) is 5.35. The molecule has 0 aliphatic carbocycles. The van der Waals surface area contributed by atoms with Crippen LogP contribution in [0.25, 0.3) is 0 Å². The Balaban J connectivity index is 3.68. The van der Waals surface area contributed by atoms with Crippen molar-refractivity contribution >= 4 is 0 Å². The number of hydrogen-bond donors (Lipinski definition) is 1. The normalized spacial score (nSPS) is 12.5. The second-order valence-electron chi connectivity index (χ2n) is 2.38. The summed E-state index contributed by atoms with van der Waals surface area (Å²) in [6, 6.07) is 0. The monoisotopic (exact) mass is 156 g/mol. The lowest BCUT2D eigenvalue weighted by molar-refractivity contribution is -0.186. The number of rotatable bonds is 5. The molecule has 11 heavy (non-hydrogen) atoms. The lowest BCUT2D eigenvalue weighted by atomic mass is 10.1. The molecule has 0 amide bonds. The smallest absolute Gasteiger partial charge is 0.129 e. The molecule has 2 nitrogen and oxygen atoms in total. The summed E-state index contributed by atoms with van der Waals surface area (Å²) in [5, 5.41) is 8.02. The quantitative estimate of drug-likeness (QED) is 0.287. The standard InChI is InChI=1S/C9H16O2/c1-3-5-6-9(4-2)7-8-11-10/h4,7-8,10H,3,5-6H2,1-2H3/b8-7?,9-4+. The van der Waals surface area contributed by atoms with Gasteiger partial charge in [-0.05, 0) is 31.4 Å². The zero-order chi connectivity index (χ0) is 8.53. The fraction of sp³-hybridized carbons (Fsp3) is 0.556. The van der Waals surface area contributed by atoms with E-state index in [9.17, 15) is 0 Å². The summed E-state index contributed by atoms with van der Waals surface area (Å²) in [6.45, 7) is 4.13. The maximum atomic E-state index is 8.02. The molecule has 0 radical (unpaired) electrons. The molecule has 0 aromatic rings. The molecule has 0 fully saturated rings. The van der Waals surface area contributed by atoms with Crippen LogP contribution in [0.5, 0.6) is 0 Å². The molecule has 0 aliphatic rings. The van der Waals surface area contributed by atoms with Gasteiger partial charge in [0, 0.05) is 0 Å². The highest BCUT2D eigenvalue weighted by Crippen LogP contribution is 2.08.